The first-order valence-corrected chi connectivity index (χ1v) is 12.8. The summed E-state index contributed by atoms with van der Waals surface area (Å²) in [6, 6.07) is 30.9. The Bertz CT molecular complexity index is 1140. The summed E-state index contributed by atoms with van der Waals surface area (Å²) in [7, 11) is 1.99. The smallest absolute Gasteiger partial charge is 0.317 e. The van der Waals surface area contributed by atoms with Gasteiger partial charge in [-0.15, -0.1) is 11.3 Å². The molecular formula is C29H32N4OS. The van der Waals surface area contributed by atoms with Gasteiger partial charge in [0.25, 0.3) is 0 Å². The number of hydrogen-bond donors (Lipinski definition) is 0. The molecular weight excluding hydrogens is 452 g/mol. The van der Waals surface area contributed by atoms with Crippen LogP contribution in [0.25, 0.3) is 0 Å². The number of urea groups is 1. The van der Waals surface area contributed by atoms with Crippen LogP contribution in [-0.4, -0.2) is 39.5 Å². The first-order chi connectivity index (χ1) is 17.2. The lowest BCUT2D eigenvalue weighted by Gasteiger charge is -2.36. The quantitative estimate of drug-likeness (QED) is 0.236. The predicted octanol–water partition coefficient (Wildman–Crippen LogP) is 6.25. The predicted molar refractivity (Wildman–Crippen MR) is 143 cm³/mol. The van der Waals surface area contributed by atoms with Crippen LogP contribution in [-0.2, 0) is 26.1 Å². The van der Waals surface area contributed by atoms with Crippen molar-refractivity contribution >= 4 is 17.4 Å². The number of aryl methyl sites for hydroxylation is 1. The van der Waals surface area contributed by atoms with Gasteiger partial charge in [0.2, 0.25) is 0 Å². The second kappa shape index (κ2) is 12.8. The lowest BCUT2D eigenvalue weighted by molar-refractivity contribution is 0.00495. The average molecular weight is 485 g/mol. The van der Waals surface area contributed by atoms with Gasteiger partial charge in [-0.25, -0.2) is 14.8 Å². The van der Waals surface area contributed by atoms with Gasteiger partial charge in [-0.3, -0.25) is 5.01 Å². The Hall–Kier alpha value is -3.48. The summed E-state index contributed by atoms with van der Waals surface area (Å²) in [5.41, 5.74) is 3.55. The van der Waals surface area contributed by atoms with E-state index < -0.39 is 0 Å². The van der Waals surface area contributed by atoms with Gasteiger partial charge < -0.3 is 4.90 Å². The molecule has 4 rings (SSSR count). The second-order valence-electron chi connectivity index (χ2n) is 8.56. The molecule has 180 valence electrons. The van der Waals surface area contributed by atoms with Crippen molar-refractivity contribution in [1.29, 1.82) is 0 Å². The molecule has 0 fully saturated rings. The van der Waals surface area contributed by atoms with Gasteiger partial charge in [0.15, 0.2) is 0 Å². The minimum absolute atomic E-state index is 0.00412. The van der Waals surface area contributed by atoms with Crippen molar-refractivity contribution in [3.8, 4) is 0 Å². The largest absolute Gasteiger partial charge is 0.335 e. The van der Waals surface area contributed by atoms with E-state index in [1.54, 1.807) is 17.5 Å². The molecule has 0 saturated carbocycles. The maximum absolute atomic E-state index is 14.0. The van der Waals surface area contributed by atoms with Crippen LogP contribution < -0.4 is 0 Å². The molecule has 0 aliphatic heterocycles. The van der Waals surface area contributed by atoms with Gasteiger partial charge in [0.1, 0.15) is 5.01 Å². The maximum atomic E-state index is 14.0. The molecule has 0 radical (unpaired) electrons. The van der Waals surface area contributed by atoms with Crippen LogP contribution in [0.15, 0.2) is 103 Å². The molecule has 0 atom stereocenters. The third-order valence-electron chi connectivity index (χ3n) is 5.88. The van der Waals surface area contributed by atoms with E-state index in [0.717, 1.165) is 29.0 Å². The molecule has 2 amide bonds. The van der Waals surface area contributed by atoms with Crippen molar-refractivity contribution in [2.24, 2.45) is 0 Å². The number of hydrogen-bond acceptors (Lipinski definition) is 4. The fraction of sp³-hybridized carbons (Fsp3) is 0.241. The zero-order chi connectivity index (χ0) is 24.3. The number of rotatable bonds is 11. The summed E-state index contributed by atoms with van der Waals surface area (Å²) in [4.78, 5) is 20.4. The third-order valence-corrected chi connectivity index (χ3v) is 6.64. The number of benzene rings is 3. The number of thiazole rings is 1. The number of carbonyl (C=O) groups is 1. The lowest BCUT2D eigenvalue weighted by atomic mass is 10.1. The summed E-state index contributed by atoms with van der Waals surface area (Å²) in [5, 5.41) is 6.80. The fourth-order valence-corrected chi connectivity index (χ4v) is 4.67. The van der Waals surface area contributed by atoms with Crippen LogP contribution in [0, 0.1) is 0 Å². The molecule has 3 aromatic carbocycles. The molecule has 35 heavy (non-hydrogen) atoms. The van der Waals surface area contributed by atoms with Crippen molar-refractivity contribution in [2.75, 3.05) is 13.6 Å². The van der Waals surface area contributed by atoms with Gasteiger partial charge in [-0.2, -0.15) is 0 Å². The zero-order valence-electron chi connectivity index (χ0n) is 20.2. The molecule has 4 aromatic rings. The van der Waals surface area contributed by atoms with Gasteiger partial charge in [0.05, 0.1) is 13.1 Å². The minimum atomic E-state index is -0.00412. The summed E-state index contributed by atoms with van der Waals surface area (Å²) < 4.78 is 0. The topological polar surface area (TPSA) is 39.7 Å². The molecule has 0 spiro atoms. The molecule has 0 aliphatic carbocycles. The number of amides is 2. The Balaban J connectivity index is 1.53. The Morgan fingerprint density at radius 1 is 0.771 bits per heavy atom. The summed E-state index contributed by atoms with van der Waals surface area (Å²) in [6.45, 7) is 2.33. The highest BCUT2D eigenvalue weighted by atomic mass is 32.1. The zero-order valence-corrected chi connectivity index (χ0v) is 21.0. The highest BCUT2D eigenvalue weighted by molar-refractivity contribution is 7.09. The van der Waals surface area contributed by atoms with E-state index in [-0.39, 0.29) is 6.03 Å². The second-order valence-corrected chi connectivity index (χ2v) is 9.54. The normalized spacial score (nSPS) is 10.9. The Labute approximate surface area is 212 Å². The van der Waals surface area contributed by atoms with Gasteiger partial charge >= 0.3 is 6.03 Å². The van der Waals surface area contributed by atoms with Gasteiger partial charge in [0, 0.05) is 31.7 Å². The van der Waals surface area contributed by atoms with E-state index >= 15 is 0 Å². The van der Waals surface area contributed by atoms with Crippen LogP contribution in [0.3, 0.4) is 0 Å². The molecule has 1 heterocycles. The Morgan fingerprint density at radius 3 is 1.91 bits per heavy atom. The van der Waals surface area contributed by atoms with Gasteiger partial charge in [-0.05, 0) is 29.5 Å². The minimum Gasteiger partial charge on any atom is -0.317 e. The highest BCUT2D eigenvalue weighted by Gasteiger charge is 2.25. The molecule has 0 unspecified atom stereocenters. The Kier molecular flexibility index (Phi) is 9.04. The number of nitrogens with zero attached hydrogens (tertiary/aromatic N) is 4. The van der Waals surface area contributed by atoms with Crippen LogP contribution >= 0.6 is 11.3 Å². The van der Waals surface area contributed by atoms with Crippen LogP contribution in [0.4, 0.5) is 4.79 Å². The summed E-state index contributed by atoms with van der Waals surface area (Å²) >= 11 is 1.59. The monoisotopic (exact) mass is 484 g/mol. The van der Waals surface area contributed by atoms with E-state index in [0.29, 0.717) is 26.2 Å². The van der Waals surface area contributed by atoms with Gasteiger partial charge in [-0.1, -0.05) is 91.0 Å². The SMILES string of the molecule is CN(Cc1ccccc1)N(Cc1ccccc1)C(=O)N(CCCc1ccccc1)Cc1nccs1. The first-order valence-electron chi connectivity index (χ1n) is 12.0. The van der Waals surface area contributed by atoms with E-state index in [1.165, 1.54) is 5.56 Å². The molecule has 0 bridgehead atoms. The summed E-state index contributed by atoms with van der Waals surface area (Å²) in [6.07, 6.45) is 3.62. The van der Waals surface area contributed by atoms with Crippen molar-refractivity contribution in [3.63, 3.8) is 0 Å². The highest BCUT2D eigenvalue weighted by Crippen LogP contribution is 2.17. The van der Waals surface area contributed by atoms with E-state index in [9.17, 15) is 4.79 Å². The molecule has 5 nitrogen and oxygen atoms in total. The van der Waals surface area contributed by atoms with E-state index in [1.807, 2.05) is 69.8 Å². The van der Waals surface area contributed by atoms with Crippen molar-refractivity contribution in [1.82, 2.24) is 19.9 Å². The third kappa shape index (κ3) is 7.50. The van der Waals surface area contributed by atoms with Crippen molar-refractivity contribution < 1.29 is 4.79 Å². The Morgan fingerprint density at radius 2 is 1.34 bits per heavy atom. The molecule has 0 N–H and O–H groups in total. The van der Waals surface area contributed by atoms with Crippen LogP contribution in [0.5, 0.6) is 0 Å². The molecule has 0 saturated heterocycles. The molecule has 0 aliphatic rings. The van der Waals surface area contributed by atoms with Crippen molar-refractivity contribution in [2.45, 2.75) is 32.5 Å². The number of aromatic nitrogens is 1. The average Bonchev–Trinajstić information content (AvgIpc) is 3.41. The first kappa shape index (κ1) is 24.6. The lowest BCUT2D eigenvalue weighted by Crippen LogP contribution is -2.50. The number of hydrazine groups is 1. The standard InChI is InChI=1S/C29H32N4OS/c1-31(22-26-14-7-3-8-15-26)33(23-27-16-9-4-10-17-27)29(34)32(24-28-30-19-21-35-28)20-11-18-25-12-5-2-6-13-25/h2-10,12-17,19,21H,11,18,20,22-24H2,1H3. The summed E-state index contributed by atoms with van der Waals surface area (Å²) in [5.74, 6) is 0. The fourth-order valence-electron chi connectivity index (χ4n) is 4.04. The molecule has 1 aromatic heterocycles. The van der Waals surface area contributed by atoms with Crippen molar-refractivity contribution in [3.05, 3.63) is 124 Å². The maximum Gasteiger partial charge on any atom is 0.335 e. The molecule has 6 heteroatoms. The van der Waals surface area contributed by atoms with Crippen LogP contribution in [0.2, 0.25) is 0 Å². The van der Waals surface area contributed by atoms with E-state index in [4.69, 9.17) is 0 Å². The number of carbonyl (C=O) groups excluding carboxylic acids is 1. The van der Waals surface area contributed by atoms with Crippen LogP contribution in [0.1, 0.15) is 28.1 Å². The van der Waals surface area contributed by atoms with E-state index in [2.05, 4.69) is 53.5 Å².